The highest BCUT2D eigenvalue weighted by molar-refractivity contribution is 5.84. The van der Waals surface area contributed by atoms with Gasteiger partial charge in [-0.1, -0.05) is 79.6 Å². The van der Waals surface area contributed by atoms with Crippen LogP contribution in [-0.2, 0) is 6.42 Å². The van der Waals surface area contributed by atoms with Gasteiger partial charge in [0, 0.05) is 5.56 Å². The third-order valence-corrected chi connectivity index (χ3v) is 4.40. The van der Waals surface area contributed by atoms with E-state index < -0.39 is 0 Å². The first kappa shape index (κ1) is 18.7. The minimum atomic E-state index is -0.264. The molecule has 0 saturated heterocycles. The van der Waals surface area contributed by atoms with Gasteiger partial charge in [0.25, 0.3) is 0 Å². The van der Waals surface area contributed by atoms with Gasteiger partial charge < -0.3 is 0 Å². The molecule has 0 unspecified atom stereocenters. The first-order valence-electron chi connectivity index (χ1n) is 9.18. The van der Waals surface area contributed by atoms with E-state index in [1.54, 1.807) is 18.5 Å². The molecule has 0 spiro atoms. The molecule has 0 aliphatic rings. The Kier molecular flexibility index (Phi) is 6.26. The molecule has 0 radical (unpaired) electrons. The molecule has 0 amide bonds. The Morgan fingerprint density at radius 3 is 2.37 bits per heavy atom. The third-order valence-electron chi connectivity index (χ3n) is 4.40. The van der Waals surface area contributed by atoms with Gasteiger partial charge in [-0.25, -0.2) is 4.39 Å². The van der Waals surface area contributed by atoms with Crippen molar-refractivity contribution >= 4 is 12.4 Å². The number of halogens is 1. The van der Waals surface area contributed by atoms with Crippen LogP contribution in [0.1, 0.15) is 35.6 Å². The molecule has 3 aromatic rings. The number of rotatable bonds is 6. The Hall–Kier alpha value is -3.07. The highest BCUT2D eigenvalue weighted by Gasteiger charge is 2.05. The summed E-state index contributed by atoms with van der Waals surface area (Å²) in [6, 6.07) is 21.1. The van der Waals surface area contributed by atoms with E-state index in [2.05, 4.69) is 23.2 Å². The second-order valence-electron chi connectivity index (χ2n) is 6.54. The van der Waals surface area contributed by atoms with Gasteiger partial charge in [0.05, 0.1) is 12.4 Å². The molecule has 27 heavy (non-hydrogen) atoms. The standard InChI is InChI=1S/C24H23FN2/c1-3-6-20-7-4-5-8-22(20)17-27-26-16-19-11-14-23(24(25)15-19)21-12-9-18(2)10-13-21/h4-5,7-17H,3,6H2,1-2H3. The van der Waals surface area contributed by atoms with Crippen molar-refractivity contribution in [3.8, 4) is 11.1 Å². The molecule has 0 fully saturated rings. The van der Waals surface area contributed by atoms with Gasteiger partial charge in [-0.3, -0.25) is 0 Å². The largest absolute Gasteiger partial charge is 0.206 e. The van der Waals surface area contributed by atoms with Crippen LogP contribution in [-0.4, -0.2) is 12.4 Å². The quantitative estimate of drug-likeness (QED) is 0.370. The minimum Gasteiger partial charge on any atom is -0.206 e. The van der Waals surface area contributed by atoms with Gasteiger partial charge in [0.15, 0.2) is 0 Å². The van der Waals surface area contributed by atoms with Crippen molar-refractivity contribution in [2.75, 3.05) is 0 Å². The van der Waals surface area contributed by atoms with E-state index in [-0.39, 0.29) is 5.82 Å². The Morgan fingerprint density at radius 2 is 1.63 bits per heavy atom. The van der Waals surface area contributed by atoms with Crippen molar-refractivity contribution < 1.29 is 4.39 Å². The lowest BCUT2D eigenvalue weighted by Crippen LogP contribution is -1.92. The van der Waals surface area contributed by atoms with Gasteiger partial charge in [0.1, 0.15) is 5.82 Å². The van der Waals surface area contributed by atoms with Crippen LogP contribution in [0.5, 0.6) is 0 Å². The summed E-state index contributed by atoms with van der Waals surface area (Å²) in [5.41, 5.74) is 5.62. The number of hydrogen-bond acceptors (Lipinski definition) is 2. The summed E-state index contributed by atoms with van der Waals surface area (Å²) in [5.74, 6) is -0.264. The number of aryl methyl sites for hydroxylation is 2. The van der Waals surface area contributed by atoms with E-state index in [4.69, 9.17) is 0 Å². The average Bonchev–Trinajstić information content (AvgIpc) is 2.68. The molecule has 0 aliphatic carbocycles. The molecule has 0 saturated carbocycles. The van der Waals surface area contributed by atoms with Crippen LogP contribution in [0.15, 0.2) is 76.9 Å². The van der Waals surface area contributed by atoms with Crippen LogP contribution in [0.2, 0.25) is 0 Å². The fourth-order valence-corrected chi connectivity index (χ4v) is 2.93. The summed E-state index contributed by atoms with van der Waals surface area (Å²) < 4.78 is 14.4. The van der Waals surface area contributed by atoms with Crippen LogP contribution in [0.4, 0.5) is 4.39 Å². The van der Waals surface area contributed by atoms with Gasteiger partial charge in [0.2, 0.25) is 0 Å². The number of benzene rings is 3. The zero-order chi connectivity index (χ0) is 19.1. The molecule has 0 bridgehead atoms. The summed E-state index contributed by atoms with van der Waals surface area (Å²) in [6.07, 6.45) is 5.41. The summed E-state index contributed by atoms with van der Waals surface area (Å²) in [5, 5.41) is 8.19. The number of nitrogens with zero attached hydrogens (tertiary/aromatic N) is 2. The van der Waals surface area contributed by atoms with E-state index in [1.165, 1.54) is 11.6 Å². The third kappa shape index (κ3) is 4.98. The van der Waals surface area contributed by atoms with Gasteiger partial charge >= 0.3 is 0 Å². The van der Waals surface area contributed by atoms with Crippen LogP contribution in [0.25, 0.3) is 11.1 Å². The maximum absolute atomic E-state index is 14.4. The Morgan fingerprint density at radius 1 is 0.889 bits per heavy atom. The Bertz CT molecular complexity index is 956. The van der Waals surface area contributed by atoms with Gasteiger partial charge in [-0.2, -0.15) is 10.2 Å². The lowest BCUT2D eigenvalue weighted by Gasteiger charge is -2.05. The predicted molar refractivity (Wildman–Crippen MR) is 112 cm³/mol. The smallest absolute Gasteiger partial charge is 0.131 e. The lowest BCUT2D eigenvalue weighted by atomic mass is 10.0. The molecule has 3 rings (SSSR count). The average molecular weight is 358 g/mol. The van der Waals surface area contributed by atoms with Crippen molar-refractivity contribution in [3.05, 3.63) is 94.8 Å². The van der Waals surface area contributed by atoms with E-state index in [1.807, 2.05) is 55.5 Å². The normalized spacial score (nSPS) is 11.5. The van der Waals surface area contributed by atoms with E-state index in [9.17, 15) is 4.39 Å². The Balaban J connectivity index is 1.73. The summed E-state index contributed by atoms with van der Waals surface area (Å²) in [4.78, 5) is 0. The van der Waals surface area contributed by atoms with Crippen molar-refractivity contribution in [1.82, 2.24) is 0 Å². The molecule has 0 aliphatic heterocycles. The van der Waals surface area contributed by atoms with Crippen molar-refractivity contribution in [1.29, 1.82) is 0 Å². The minimum absolute atomic E-state index is 0.264. The highest BCUT2D eigenvalue weighted by Crippen LogP contribution is 2.23. The predicted octanol–water partition coefficient (Wildman–Crippen LogP) is 6.21. The summed E-state index contributed by atoms with van der Waals surface area (Å²) in [7, 11) is 0. The van der Waals surface area contributed by atoms with E-state index in [0.717, 1.165) is 29.5 Å². The molecule has 0 aromatic heterocycles. The molecule has 136 valence electrons. The fourth-order valence-electron chi connectivity index (χ4n) is 2.93. The van der Waals surface area contributed by atoms with E-state index >= 15 is 0 Å². The summed E-state index contributed by atoms with van der Waals surface area (Å²) in [6.45, 7) is 4.17. The molecule has 0 atom stereocenters. The maximum Gasteiger partial charge on any atom is 0.131 e. The second kappa shape index (κ2) is 9.04. The molecular formula is C24H23FN2. The van der Waals surface area contributed by atoms with Crippen LogP contribution >= 0.6 is 0 Å². The zero-order valence-electron chi connectivity index (χ0n) is 15.7. The van der Waals surface area contributed by atoms with Crippen molar-refractivity contribution in [2.24, 2.45) is 10.2 Å². The van der Waals surface area contributed by atoms with Gasteiger partial charge in [-0.05, 0) is 41.7 Å². The van der Waals surface area contributed by atoms with Crippen LogP contribution < -0.4 is 0 Å². The molecule has 0 heterocycles. The Labute approximate surface area is 160 Å². The van der Waals surface area contributed by atoms with Gasteiger partial charge in [-0.15, -0.1) is 0 Å². The fraction of sp³-hybridized carbons (Fsp3) is 0.167. The highest BCUT2D eigenvalue weighted by atomic mass is 19.1. The molecular weight excluding hydrogens is 335 g/mol. The number of hydrogen-bond donors (Lipinski definition) is 0. The van der Waals surface area contributed by atoms with Crippen LogP contribution in [0, 0.1) is 12.7 Å². The topological polar surface area (TPSA) is 24.7 Å². The summed E-state index contributed by atoms with van der Waals surface area (Å²) >= 11 is 0. The van der Waals surface area contributed by atoms with Crippen LogP contribution in [0.3, 0.4) is 0 Å². The maximum atomic E-state index is 14.4. The first-order chi connectivity index (χ1) is 13.2. The SMILES string of the molecule is CCCc1ccccc1C=NN=Cc1ccc(-c2ccc(C)cc2)c(F)c1. The molecule has 0 N–H and O–H groups in total. The van der Waals surface area contributed by atoms with Crippen molar-refractivity contribution in [2.45, 2.75) is 26.7 Å². The second-order valence-corrected chi connectivity index (χ2v) is 6.54. The molecule has 3 aromatic carbocycles. The van der Waals surface area contributed by atoms with Crippen molar-refractivity contribution in [3.63, 3.8) is 0 Å². The lowest BCUT2D eigenvalue weighted by molar-refractivity contribution is 0.631. The molecule has 3 heteroatoms. The first-order valence-corrected chi connectivity index (χ1v) is 9.18. The zero-order valence-corrected chi connectivity index (χ0v) is 15.7. The monoisotopic (exact) mass is 358 g/mol. The van der Waals surface area contributed by atoms with E-state index in [0.29, 0.717) is 11.1 Å². The molecule has 2 nitrogen and oxygen atoms in total.